The van der Waals surface area contributed by atoms with Crippen LogP contribution in [0.4, 0.5) is 5.69 Å². The number of hydrogen-bond acceptors (Lipinski definition) is 5. The summed E-state index contributed by atoms with van der Waals surface area (Å²) in [6.07, 6.45) is 4.11. The van der Waals surface area contributed by atoms with E-state index in [1.165, 1.54) is 7.11 Å². The third kappa shape index (κ3) is 4.05. The molecule has 29 heavy (non-hydrogen) atoms. The van der Waals surface area contributed by atoms with E-state index in [-0.39, 0.29) is 11.9 Å². The van der Waals surface area contributed by atoms with E-state index in [0.717, 1.165) is 28.9 Å². The number of rotatable bonds is 5. The Labute approximate surface area is 174 Å². The van der Waals surface area contributed by atoms with Gasteiger partial charge in [-0.05, 0) is 35.7 Å². The minimum atomic E-state index is -0.383. The highest BCUT2D eigenvalue weighted by atomic mass is 35.5. The summed E-state index contributed by atoms with van der Waals surface area (Å²) in [6.45, 7) is 1.31. The van der Waals surface area contributed by atoms with Crippen molar-refractivity contribution in [3.63, 3.8) is 0 Å². The van der Waals surface area contributed by atoms with Crippen LogP contribution in [0.1, 0.15) is 28.3 Å². The van der Waals surface area contributed by atoms with Crippen LogP contribution in [0.3, 0.4) is 0 Å². The Bertz CT molecular complexity index is 1040. The minimum absolute atomic E-state index is 0.254. The maximum absolute atomic E-state index is 12.0. The molecule has 1 N–H and O–H groups in total. The molecule has 2 heterocycles. The van der Waals surface area contributed by atoms with Crippen molar-refractivity contribution < 1.29 is 14.3 Å². The molecule has 1 aliphatic rings. The number of carbonyl (C=O) groups excluding carboxylic acids is 1. The maximum atomic E-state index is 12.0. The number of esters is 1. The second-order valence-corrected chi connectivity index (χ2v) is 7.27. The molecule has 3 aromatic rings. The summed E-state index contributed by atoms with van der Waals surface area (Å²) in [5.74, 6) is 0.747. The van der Waals surface area contributed by atoms with Crippen LogP contribution >= 0.6 is 11.6 Å². The zero-order valence-electron chi connectivity index (χ0n) is 16.0. The van der Waals surface area contributed by atoms with Gasteiger partial charge < -0.3 is 14.8 Å². The molecule has 0 aliphatic carbocycles. The first-order valence-electron chi connectivity index (χ1n) is 9.45. The van der Waals surface area contributed by atoms with Gasteiger partial charge in [-0.2, -0.15) is 0 Å². The molecule has 1 aliphatic heterocycles. The van der Waals surface area contributed by atoms with Gasteiger partial charge in [-0.1, -0.05) is 41.9 Å². The first kappa shape index (κ1) is 19.3. The van der Waals surface area contributed by atoms with Crippen molar-refractivity contribution in [1.29, 1.82) is 0 Å². The average Bonchev–Trinajstić information content (AvgIpc) is 2.77. The van der Waals surface area contributed by atoms with Crippen molar-refractivity contribution in [3.8, 4) is 16.9 Å². The number of methoxy groups -OCH3 is 1. The molecule has 6 heteroatoms. The SMILES string of the molecule is COC(=O)c1ccncc1NCC1CCOc2cc(-c3ccccc3Cl)ccc21. The van der Waals surface area contributed by atoms with E-state index in [1.807, 2.05) is 30.3 Å². The molecule has 148 valence electrons. The summed E-state index contributed by atoms with van der Waals surface area (Å²) >= 11 is 6.35. The Morgan fingerprint density at radius 3 is 2.97 bits per heavy atom. The summed E-state index contributed by atoms with van der Waals surface area (Å²) in [4.78, 5) is 16.1. The molecular formula is C23H21ClN2O3. The Balaban J connectivity index is 1.55. The molecular weight excluding hydrogens is 388 g/mol. The summed E-state index contributed by atoms with van der Waals surface area (Å²) in [5.41, 5.74) is 4.30. The minimum Gasteiger partial charge on any atom is -0.493 e. The molecule has 1 aromatic heterocycles. The van der Waals surface area contributed by atoms with Crippen LogP contribution in [0.15, 0.2) is 60.9 Å². The number of anilines is 1. The fourth-order valence-corrected chi connectivity index (χ4v) is 3.84. The summed E-state index contributed by atoms with van der Waals surface area (Å²) in [5, 5.41) is 4.07. The van der Waals surface area contributed by atoms with Gasteiger partial charge in [0, 0.05) is 29.2 Å². The third-order valence-electron chi connectivity index (χ3n) is 5.13. The second kappa shape index (κ2) is 8.53. The smallest absolute Gasteiger partial charge is 0.340 e. The molecule has 0 radical (unpaired) electrons. The Hall–Kier alpha value is -3.05. The molecule has 1 unspecified atom stereocenters. The quantitative estimate of drug-likeness (QED) is 0.590. The number of aromatic nitrogens is 1. The van der Waals surface area contributed by atoms with Gasteiger partial charge in [0.1, 0.15) is 5.75 Å². The van der Waals surface area contributed by atoms with E-state index < -0.39 is 0 Å². The fourth-order valence-electron chi connectivity index (χ4n) is 3.59. The van der Waals surface area contributed by atoms with E-state index in [9.17, 15) is 4.79 Å². The molecule has 0 amide bonds. The van der Waals surface area contributed by atoms with Crippen LogP contribution in [-0.2, 0) is 4.74 Å². The van der Waals surface area contributed by atoms with Gasteiger partial charge in [0.15, 0.2) is 0 Å². The predicted molar refractivity (Wildman–Crippen MR) is 114 cm³/mol. The van der Waals surface area contributed by atoms with Crippen molar-refractivity contribution in [1.82, 2.24) is 4.98 Å². The number of halogens is 1. The van der Waals surface area contributed by atoms with Gasteiger partial charge in [0.25, 0.3) is 0 Å². The lowest BCUT2D eigenvalue weighted by Gasteiger charge is -2.27. The lowest BCUT2D eigenvalue weighted by atomic mass is 9.91. The molecule has 0 bridgehead atoms. The third-order valence-corrected chi connectivity index (χ3v) is 5.46. The Kier molecular flexibility index (Phi) is 5.67. The summed E-state index contributed by atoms with van der Waals surface area (Å²) < 4.78 is 10.8. The number of fused-ring (bicyclic) bond motifs is 1. The van der Waals surface area contributed by atoms with Gasteiger partial charge in [0.05, 0.1) is 31.2 Å². The molecule has 1 atom stereocenters. The zero-order chi connectivity index (χ0) is 20.2. The standard InChI is InChI=1S/C23H21ClN2O3/c1-28-23(27)19-8-10-25-14-21(19)26-13-16-9-11-29-22-12-15(6-7-18(16)22)17-4-2-3-5-20(17)24/h2-8,10,12,14,16,26H,9,11,13H2,1H3. The first-order chi connectivity index (χ1) is 14.2. The van der Waals surface area contributed by atoms with Crippen LogP contribution < -0.4 is 10.1 Å². The normalized spacial score (nSPS) is 15.2. The van der Waals surface area contributed by atoms with Crippen LogP contribution in [0.2, 0.25) is 5.02 Å². The Morgan fingerprint density at radius 2 is 2.14 bits per heavy atom. The van der Waals surface area contributed by atoms with E-state index in [2.05, 4.69) is 22.4 Å². The highest BCUT2D eigenvalue weighted by Crippen LogP contribution is 2.38. The molecule has 0 spiro atoms. The number of hydrogen-bond donors (Lipinski definition) is 1. The van der Waals surface area contributed by atoms with Crippen LogP contribution in [0.5, 0.6) is 5.75 Å². The predicted octanol–water partition coefficient (Wildman–Crippen LogP) is 5.17. The number of nitrogens with one attached hydrogen (secondary N) is 1. The van der Waals surface area contributed by atoms with E-state index in [1.54, 1.807) is 18.5 Å². The average molecular weight is 409 g/mol. The summed E-state index contributed by atoms with van der Waals surface area (Å²) in [6, 6.07) is 15.7. The number of carbonyl (C=O) groups is 1. The molecule has 0 saturated heterocycles. The largest absolute Gasteiger partial charge is 0.493 e. The van der Waals surface area contributed by atoms with Crippen molar-refractivity contribution in [2.75, 3.05) is 25.6 Å². The lowest BCUT2D eigenvalue weighted by molar-refractivity contribution is 0.0601. The van der Waals surface area contributed by atoms with Gasteiger partial charge in [0.2, 0.25) is 0 Å². The van der Waals surface area contributed by atoms with Crippen molar-refractivity contribution in [2.45, 2.75) is 12.3 Å². The molecule has 0 fully saturated rings. The zero-order valence-corrected chi connectivity index (χ0v) is 16.8. The number of ether oxygens (including phenoxy) is 2. The number of nitrogens with zero attached hydrogens (tertiary/aromatic N) is 1. The van der Waals surface area contributed by atoms with Gasteiger partial charge in [-0.25, -0.2) is 4.79 Å². The van der Waals surface area contributed by atoms with Crippen molar-refractivity contribution in [3.05, 3.63) is 77.1 Å². The van der Waals surface area contributed by atoms with Crippen LogP contribution in [0.25, 0.3) is 11.1 Å². The van der Waals surface area contributed by atoms with Gasteiger partial charge in [-0.3, -0.25) is 4.98 Å². The molecule has 4 rings (SSSR count). The first-order valence-corrected chi connectivity index (χ1v) is 9.83. The van der Waals surface area contributed by atoms with E-state index in [0.29, 0.717) is 29.4 Å². The van der Waals surface area contributed by atoms with Gasteiger partial charge in [-0.15, -0.1) is 0 Å². The van der Waals surface area contributed by atoms with Crippen LogP contribution in [-0.4, -0.2) is 31.2 Å². The maximum Gasteiger partial charge on any atom is 0.340 e. The Morgan fingerprint density at radius 1 is 1.28 bits per heavy atom. The topological polar surface area (TPSA) is 60.5 Å². The van der Waals surface area contributed by atoms with E-state index in [4.69, 9.17) is 21.1 Å². The lowest BCUT2D eigenvalue weighted by Crippen LogP contribution is -2.21. The van der Waals surface area contributed by atoms with Crippen molar-refractivity contribution in [2.24, 2.45) is 0 Å². The highest BCUT2D eigenvalue weighted by Gasteiger charge is 2.23. The monoisotopic (exact) mass is 408 g/mol. The van der Waals surface area contributed by atoms with Gasteiger partial charge >= 0.3 is 5.97 Å². The van der Waals surface area contributed by atoms with Crippen molar-refractivity contribution >= 4 is 23.3 Å². The number of benzene rings is 2. The molecule has 2 aromatic carbocycles. The molecule has 0 saturated carbocycles. The highest BCUT2D eigenvalue weighted by molar-refractivity contribution is 6.33. The fraction of sp³-hybridized carbons (Fsp3) is 0.217. The van der Waals surface area contributed by atoms with E-state index >= 15 is 0 Å². The second-order valence-electron chi connectivity index (χ2n) is 6.86. The summed E-state index contributed by atoms with van der Waals surface area (Å²) in [7, 11) is 1.37. The number of pyridine rings is 1. The molecule has 5 nitrogen and oxygen atoms in total. The van der Waals surface area contributed by atoms with Crippen LogP contribution in [0, 0.1) is 0 Å².